The van der Waals surface area contributed by atoms with Crippen molar-refractivity contribution in [2.24, 2.45) is 0 Å². The molecule has 0 amide bonds. The molecule has 6 heteroatoms. The van der Waals surface area contributed by atoms with Crippen LogP contribution in [-0.4, -0.2) is 25.0 Å². The first-order valence-electron chi connectivity index (χ1n) is 7.05. The number of nitrogens with zero attached hydrogens (tertiary/aromatic N) is 5. The quantitative estimate of drug-likeness (QED) is 0.715. The average molecular weight is 269 g/mol. The van der Waals surface area contributed by atoms with E-state index in [0.29, 0.717) is 11.8 Å². The molecular weight excluding hydrogens is 254 g/mol. The van der Waals surface area contributed by atoms with Crippen molar-refractivity contribution in [3.05, 3.63) is 30.4 Å². The lowest BCUT2D eigenvalue weighted by Gasteiger charge is -2.17. The van der Waals surface area contributed by atoms with Gasteiger partial charge in [-0.25, -0.2) is 0 Å². The minimum absolute atomic E-state index is 0.446. The van der Waals surface area contributed by atoms with Crippen LogP contribution in [0.4, 0.5) is 0 Å². The number of fused-ring (bicyclic) bond motifs is 1. The molecule has 20 heavy (non-hydrogen) atoms. The van der Waals surface area contributed by atoms with E-state index in [-0.39, 0.29) is 0 Å². The zero-order valence-electron chi connectivity index (χ0n) is 11.1. The summed E-state index contributed by atoms with van der Waals surface area (Å²) in [6, 6.07) is 3.82. The summed E-state index contributed by atoms with van der Waals surface area (Å²) in [5.74, 6) is 1.82. The molecule has 0 N–H and O–H groups in total. The van der Waals surface area contributed by atoms with Gasteiger partial charge in [0.15, 0.2) is 5.82 Å². The summed E-state index contributed by atoms with van der Waals surface area (Å²) in [6.45, 7) is 0. The van der Waals surface area contributed by atoms with E-state index in [2.05, 4.69) is 20.3 Å². The van der Waals surface area contributed by atoms with Crippen LogP contribution in [0.5, 0.6) is 0 Å². The Morgan fingerprint density at radius 1 is 1.15 bits per heavy atom. The summed E-state index contributed by atoms with van der Waals surface area (Å²) in [6.07, 6.45) is 9.58. The molecule has 3 heterocycles. The molecule has 1 aliphatic carbocycles. The van der Waals surface area contributed by atoms with Gasteiger partial charge in [0.05, 0.1) is 11.8 Å². The highest BCUT2D eigenvalue weighted by Crippen LogP contribution is 2.32. The predicted octanol–water partition coefficient (Wildman–Crippen LogP) is 2.83. The maximum atomic E-state index is 5.43. The van der Waals surface area contributed by atoms with E-state index < -0.39 is 0 Å². The van der Waals surface area contributed by atoms with Crippen molar-refractivity contribution in [1.82, 2.24) is 25.0 Å². The summed E-state index contributed by atoms with van der Waals surface area (Å²) in [5, 5.41) is 12.5. The van der Waals surface area contributed by atoms with E-state index in [4.69, 9.17) is 4.52 Å². The van der Waals surface area contributed by atoms with Gasteiger partial charge in [0, 0.05) is 12.1 Å². The van der Waals surface area contributed by atoms with Crippen LogP contribution in [0, 0.1) is 0 Å². The van der Waals surface area contributed by atoms with E-state index in [1.54, 1.807) is 17.0 Å². The van der Waals surface area contributed by atoms with Gasteiger partial charge in [0.25, 0.3) is 5.89 Å². The van der Waals surface area contributed by atoms with Crippen molar-refractivity contribution in [3.8, 4) is 11.5 Å². The Balaban J connectivity index is 1.70. The molecule has 1 fully saturated rings. The summed E-state index contributed by atoms with van der Waals surface area (Å²) in [7, 11) is 0. The predicted molar refractivity (Wildman–Crippen MR) is 72.1 cm³/mol. The minimum atomic E-state index is 0.446. The maximum absolute atomic E-state index is 5.43. The zero-order valence-corrected chi connectivity index (χ0v) is 11.1. The van der Waals surface area contributed by atoms with Gasteiger partial charge in [-0.2, -0.15) is 19.8 Å². The molecule has 0 bridgehead atoms. The molecule has 0 aromatic carbocycles. The van der Waals surface area contributed by atoms with Crippen LogP contribution in [0.2, 0.25) is 0 Å². The van der Waals surface area contributed by atoms with Crippen LogP contribution < -0.4 is 0 Å². The van der Waals surface area contributed by atoms with E-state index in [1.165, 1.54) is 19.3 Å². The highest BCUT2D eigenvalue weighted by molar-refractivity contribution is 5.73. The molecule has 3 aromatic heterocycles. The second-order valence-corrected chi connectivity index (χ2v) is 5.25. The number of hydrogen-bond donors (Lipinski definition) is 0. The van der Waals surface area contributed by atoms with E-state index in [9.17, 15) is 0 Å². The molecule has 3 aromatic rings. The molecule has 4 rings (SSSR count). The third-order valence-corrected chi connectivity index (χ3v) is 3.95. The van der Waals surface area contributed by atoms with Crippen LogP contribution in [0.3, 0.4) is 0 Å². The molecular formula is C14H15N5O. The second kappa shape index (κ2) is 4.70. The van der Waals surface area contributed by atoms with Crippen molar-refractivity contribution in [2.45, 2.75) is 38.0 Å². The average Bonchev–Trinajstić information content (AvgIpc) is 3.14. The zero-order chi connectivity index (χ0) is 13.4. The first kappa shape index (κ1) is 11.6. The fourth-order valence-electron chi connectivity index (χ4n) is 2.87. The fraction of sp³-hybridized carbons (Fsp3) is 0.429. The molecule has 6 nitrogen and oxygen atoms in total. The molecule has 0 saturated heterocycles. The molecule has 0 spiro atoms. The van der Waals surface area contributed by atoms with Gasteiger partial charge < -0.3 is 4.52 Å². The fourth-order valence-corrected chi connectivity index (χ4v) is 2.87. The van der Waals surface area contributed by atoms with Crippen LogP contribution in [0.15, 0.2) is 29.0 Å². The molecule has 0 atom stereocenters. The lowest BCUT2D eigenvalue weighted by molar-refractivity contribution is 0.385. The SMILES string of the molecule is c1cnn2ncc(-c3nc(C4CCCCC4)no3)c2c1. The molecule has 1 aliphatic rings. The highest BCUT2D eigenvalue weighted by Gasteiger charge is 2.22. The molecule has 0 aliphatic heterocycles. The van der Waals surface area contributed by atoms with Gasteiger partial charge in [0.1, 0.15) is 5.52 Å². The van der Waals surface area contributed by atoms with Gasteiger partial charge in [-0.05, 0) is 25.0 Å². The van der Waals surface area contributed by atoms with Crippen molar-refractivity contribution in [3.63, 3.8) is 0 Å². The maximum Gasteiger partial charge on any atom is 0.261 e. The first-order valence-corrected chi connectivity index (χ1v) is 7.05. The van der Waals surface area contributed by atoms with Crippen LogP contribution in [0.25, 0.3) is 17.0 Å². The molecule has 102 valence electrons. The van der Waals surface area contributed by atoms with Crippen molar-refractivity contribution >= 4 is 5.52 Å². The normalized spacial score (nSPS) is 16.8. The third kappa shape index (κ3) is 1.88. The van der Waals surface area contributed by atoms with Gasteiger partial charge in [-0.1, -0.05) is 24.4 Å². The van der Waals surface area contributed by atoms with Crippen LogP contribution >= 0.6 is 0 Å². The second-order valence-electron chi connectivity index (χ2n) is 5.25. The smallest absolute Gasteiger partial charge is 0.261 e. The van der Waals surface area contributed by atoms with Gasteiger partial charge in [-0.3, -0.25) is 0 Å². The van der Waals surface area contributed by atoms with Crippen molar-refractivity contribution < 1.29 is 4.52 Å². The van der Waals surface area contributed by atoms with E-state index in [1.807, 2.05) is 12.1 Å². The summed E-state index contributed by atoms with van der Waals surface area (Å²) >= 11 is 0. The molecule has 0 radical (unpaired) electrons. The lowest BCUT2D eigenvalue weighted by atomic mass is 9.89. The Morgan fingerprint density at radius 2 is 2.05 bits per heavy atom. The summed E-state index contributed by atoms with van der Waals surface area (Å²) < 4.78 is 7.00. The van der Waals surface area contributed by atoms with Crippen molar-refractivity contribution in [1.29, 1.82) is 0 Å². The lowest BCUT2D eigenvalue weighted by Crippen LogP contribution is -2.06. The number of aromatic nitrogens is 5. The van der Waals surface area contributed by atoms with Gasteiger partial charge in [-0.15, -0.1) is 0 Å². The molecule has 0 unspecified atom stereocenters. The molecule has 1 saturated carbocycles. The van der Waals surface area contributed by atoms with E-state index >= 15 is 0 Å². The Labute approximate surface area is 115 Å². The van der Waals surface area contributed by atoms with Gasteiger partial charge in [0.2, 0.25) is 0 Å². The number of rotatable bonds is 2. The Kier molecular flexibility index (Phi) is 2.72. The van der Waals surface area contributed by atoms with Crippen LogP contribution in [-0.2, 0) is 0 Å². The van der Waals surface area contributed by atoms with Gasteiger partial charge >= 0.3 is 0 Å². The topological polar surface area (TPSA) is 69.1 Å². The first-order chi connectivity index (χ1) is 9.92. The number of hydrogen-bond acceptors (Lipinski definition) is 5. The van der Waals surface area contributed by atoms with Crippen molar-refractivity contribution in [2.75, 3.05) is 0 Å². The largest absolute Gasteiger partial charge is 0.334 e. The summed E-state index contributed by atoms with van der Waals surface area (Å²) in [4.78, 5) is 4.57. The standard InChI is InChI=1S/C14H15N5O/c1-2-5-10(6-3-1)13-17-14(20-18-13)11-9-16-19-12(11)7-4-8-15-19/h4,7-10H,1-3,5-6H2. The van der Waals surface area contributed by atoms with E-state index in [0.717, 1.165) is 29.7 Å². The van der Waals surface area contributed by atoms with Crippen LogP contribution in [0.1, 0.15) is 43.8 Å². The Hall–Kier alpha value is -2.24. The third-order valence-electron chi connectivity index (χ3n) is 3.95. The monoisotopic (exact) mass is 269 g/mol. The summed E-state index contributed by atoms with van der Waals surface area (Å²) in [5.41, 5.74) is 1.72. The Morgan fingerprint density at radius 3 is 2.95 bits per heavy atom. The highest BCUT2D eigenvalue weighted by atomic mass is 16.5. The minimum Gasteiger partial charge on any atom is -0.334 e. The Bertz CT molecular complexity index is 726.